The summed E-state index contributed by atoms with van der Waals surface area (Å²) in [6.07, 6.45) is 4.44. The maximum atomic E-state index is 13.1. The fourth-order valence-corrected chi connectivity index (χ4v) is 3.13. The minimum atomic E-state index is -0.361. The number of hydrogen-bond donors (Lipinski definition) is 2. The van der Waals surface area contributed by atoms with Crippen molar-refractivity contribution in [3.8, 4) is 0 Å². The summed E-state index contributed by atoms with van der Waals surface area (Å²) in [5, 5.41) is 4.77. The average Bonchev–Trinajstić information content (AvgIpc) is 2.77. The Kier molecular flexibility index (Phi) is 5.19. The van der Waals surface area contributed by atoms with E-state index < -0.39 is 0 Å². The first-order chi connectivity index (χ1) is 14.7. The Balaban J connectivity index is 1.70. The first-order valence-corrected chi connectivity index (χ1v) is 9.12. The number of anilines is 4. The van der Waals surface area contributed by atoms with Crippen molar-refractivity contribution in [3.63, 3.8) is 0 Å². The smallest absolute Gasteiger partial charge is 0.258 e. The molecule has 0 aliphatic carbocycles. The summed E-state index contributed by atoms with van der Waals surface area (Å²) in [6.45, 7) is 0. The van der Waals surface area contributed by atoms with Crippen LogP contribution < -0.4 is 16.0 Å². The number of benzene rings is 2. The van der Waals surface area contributed by atoms with Gasteiger partial charge in [0.15, 0.2) is 0 Å². The molecule has 0 unspecified atom stereocenters. The molecule has 0 aliphatic rings. The highest BCUT2D eigenvalue weighted by molar-refractivity contribution is 6.09. The summed E-state index contributed by atoms with van der Waals surface area (Å²) < 4.78 is 0. The van der Waals surface area contributed by atoms with E-state index in [9.17, 15) is 9.59 Å². The van der Waals surface area contributed by atoms with Crippen molar-refractivity contribution in [2.24, 2.45) is 0 Å². The Labute approximate surface area is 172 Å². The third kappa shape index (κ3) is 3.87. The van der Waals surface area contributed by atoms with Gasteiger partial charge in [0.2, 0.25) is 0 Å². The zero-order valence-corrected chi connectivity index (χ0v) is 15.8. The molecule has 2 aromatic heterocycles. The molecule has 0 spiro atoms. The lowest BCUT2D eigenvalue weighted by Gasteiger charge is -2.22. The van der Waals surface area contributed by atoms with Crippen molar-refractivity contribution < 1.29 is 9.59 Å². The Bertz CT molecular complexity index is 1280. The molecule has 4 aromatic rings. The minimum absolute atomic E-state index is 0.291. The maximum absolute atomic E-state index is 13.1. The second-order valence-corrected chi connectivity index (χ2v) is 6.44. The number of rotatable bonds is 5. The Morgan fingerprint density at radius 1 is 1.00 bits per heavy atom. The van der Waals surface area contributed by atoms with Crippen LogP contribution in [-0.2, 0) is 4.79 Å². The summed E-state index contributed by atoms with van der Waals surface area (Å²) in [6, 6.07) is 19.8. The summed E-state index contributed by atoms with van der Waals surface area (Å²) in [5.41, 5.74) is 7.20. The standard InChI is InChI=1S/C23H17N5O2/c24-21-14-18(9-10-25-21)28(11-12-29)20-8-4-3-7-19(20)23(30)27-22-13-16-5-1-2-6-17(16)15-26-22/h1-11,13-15H,(H2,24,25)(H,26,27,30). The van der Waals surface area contributed by atoms with E-state index in [1.807, 2.05) is 30.3 Å². The predicted molar refractivity (Wildman–Crippen MR) is 117 cm³/mol. The number of carbonyl (C=O) groups is 1. The van der Waals surface area contributed by atoms with Crippen molar-refractivity contribution in [2.45, 2.75) is 0 Å². The van der Waals surface area contributed by atoms with Gasteiger partial charge in [0.1, 0.15) is 17.6 Å². The lowest BCUT2D eigenvalue weighted by atomic mass is 10.1. The van der Waals surface area contributed by atoms with E-state index >= 15 is 0 Å². The highest BCUT2D eigenvalue weighted by Crippen LogP contribution is 2.30. The molecule has 0 saturated carbocycles. The summed E-state index contributed by atoms with van der Waals surface area (Å²) >= 11 is 0. The molecule has 4 rings (SSSR count). The number of amides is 1. The molecule has 0 saturated heterocycles. The Hall–Kier alpha value is -4.48. The second-order valence-electron chi connectivity index (χ2n) is 6.44. The highest BCUT2D eigenvalue weighted by Gasteiger charge is 2.17. The van der Waals surface area contributed by atoms with E-state index in [0.717, 1.165) is 10.8 Å². The lowest BCUT2D eigenvalue weighted by molar-refractivity contribution is 0.102. The minimum Gasteiger partial charge on any atom is -0.384 e. The van der Waals surface area contributed by atoms with Crippen molar-refractivity contribution in [1.29, 1.82) is 0 Å². The van der Waals surface area contributed by atoms with Gasteiger partial charge in [-0.15, -0.1) is 0 Å². The van der Waals surface area contributed by atoms with Crippen LogP contribution in [0.4, 0.5) is 23.0 Å². The first kappa shape index (κ1) is 18.9. The normalized spacial score (nSPS) is 10.3. The number of nitrogens with one attached hydrogen (secondary N) is 1. The van der Waals surface area contributed by atoms with E-state index in [0.29, 0.717) is 28.6 Å². The summed E-state index contributed by atoms with van der Waals surface area (Å²) in [7, 11) is 0. The average molecular weight is 395 g/mol. The van der Waals surface area contributed by atoms with Crippen LogP contribution in [0.1, 0.15) is 10.4 Å². The van der Waals surface area contributed by atoms with Gasteiger partial charge in [-0.3, -0.25) is 4.79 Å². The van der Waals surface area contributed by atoms with Gasteiger partial charge in [-0.2, -0.15) is 0 Å². The first-order valence-electron chi connectivity index (χ1n) is 9.12. The van der Waals surface area contributed by atoms with Gasteiger partial charge < -0.3 is 16.0 Å². The van der Waals surface area contributed by atoms with Crippen LogP contribution in [0.5, 0.6) is 0 Å². The molecule has 0 radical (unpaired) electrons. The van der Waals surface area contributed by atoms with Gasteiger partial charge in [0.05, 0.1) is 23.1 Å². The van der Waals surface area contributed by atoms with Crippen LogP contribution in [0.2, 0.25) is 0 Å². The number of nitrogens with two attached hydrogens (primary N) is 1. The third-order valence-electron chi connectivity index (χ3n) is 4.51. The second kappa shape index (κ2) is 8.26. The molecule has 3 N–H and O–H groups in total. The SMILES string of the molecule is Nc1cc(N(C=C=O)c2ccccc2C(=O)Nc2cc3ccccc3cn2)ccn1. The number of hydrogen-bond acceptors (Lipinski definition) is 6. The Morgan fingerprint density at radius 3 is 2.57 bits per heavy atom. The van der Waals surface area contributed by atoms with E-state index in [1.54, 1.807) is 48.5 Å². The lowest BCUT2D eigenvalue weighted by Crippen LogP contribution is -2.18. The van der Waals surface area contributed by atoms with Gasteiger partial charge in [-0.05, 0) is 29.7 Å². The van der Waals surface area contributed by atoms with Crippen LogP contribution >= 0.6 is 0 Å². The molecule has 30 heavy (non-hydrogen) atoms. The highest BCUT2D eigenvalue weighted by atomic mass is 16.1. The van der Waals surface area contributed by atoms with Crippen molar-refractivity contribution in [2.75, 3.05) is 16.0 Å². The molecule has 0 fully saturated rings. The predicted octanol–water partition coefficient (Wildman–Crippen LogP) is 3.95. The van der Waals surface area contributed by atoms with Crippen LogP contribution in [-0.4, -0.2) is 21.8 Å². The molecule has 7 nitrogen and oxygen atoms in total. The molecule has 1 amide bonds. The number of carbonyl (C=O) groups excluding carboxylic acids is 2. The molecular formula is C23H17N5O2. The van der Waals surface area contributed by atoms with Gasteiger partial charge in [-0.1, -0.05) is 36.4 Å². The maximum Gasteiger partial charge on any atom is 0.258 e. The van der Waals surface area contributed by atoms with E-state index in [4.69, 9.17) is 5.73 Å². The number of nitrogens with zero attached hydrogens (tertiary/aromatic N) is 3. The van der Waals surface area contributed by atoms with E-state index in [-0.39, 0.29) is 5.91 Å². The monoisotopic (exact) mass is 395 g/mol. The van der Waals surface area contributed by atoms with Gasteiger partial charge in [-0.25, -0.2) is 14.8 Å². The number of aromatic nitrogens is 2. The summed E-state index contributed by atoms with van der Waals surface area (Å²) in [4.78, 5) is 34.0. The van der Waals surface area contributed by atoms with Crippen LogP contribution in [0.15, 0.2) is 85.3 Å². The number of para-hydroxylation sites is 1. The number of fused-ring (bicyclic) bond motifs is 1. The van der Waals surface area contributed by atoms with E-state index in [2.05, 4.69) is 15.3 Å². The van der Waals surface area contributed by atoms with Crippen molar-refractivity contribution >= 4 is 45.6 Å². The summed E-state index contributed by atoms with van der Waals surface area (Å²) in [5.74, 6) is 2.13. The van der Waals surface area contributed by atoms with Crippen molar-refractivity contribution in [3.05, 3.63) is 90.9 Å². The fraction of sp³-hybridized carbons (Fsp3) is 0. The Morgan fingerprint density at radius 2 is 1.77 bits per heavy atom. The number of nitrogen functional groups attached to an aromatic ring is 1. The molecule has 146 valence electrons. The molecule has 0 aliphatic heterocycles. The quantitative estimate of drug-likeness (QED) is 0.496. The van der Waals surface area contributed by atoms with Crippen LogP contribution in [0.25, 0.3) is 10.8 Å². The van der Waals surface area contributed by atoms with E-state index in [1.165, 1.54) is 17.3 Å². The van der Waals surface area contributed by atoms with Crippen LogP contribution in [0.3, 0.4) is 0 Å². The largest absolute Gasteiger partial charge is 0.384 e. The molecule has 2 heterocycles. The molecule has 0 atom stereocenters. The zero-order chi connectivity index (χ0) is 20.9. The fourth-order valence-electron chi connectivity index (χ4n) is 3.13. The van der Waals surface area contributed by atoms with Gasteiger partial charge >= 0.3 is 0 Å². The molecule has 0 bridgehead atoms. The van der Waals surface area contributed by atoms with Crippen LogP contribution in [0, 0.1) is 0 Å². The van der Waals surface area contributed by atoms with Gasteiger partial charge in [0, 0.05) is 23.8 Å². The molecular weight excluding hydrogens is 378 g/mol. The van der Waals surface area contributed by atoms with Gasteiger partial charge in [0.25, 0.3) is 5.91 Å². The molecule has 2 aromatic carbocycles. The topological polar surface area (TPSA) is 101 Å². The van der Waals surface area contributed by atoms with Crippen molar-refractivity contribution in [1.82, 2.24) is 9.97 Å². The third-order valence-corrected chi connectivity index (χ3v) is 4.51. The number of pyridine rings is 2. The zero-order valence-electron chi connectivity index (χ0n) is 15.8. The molecule has 7 heteroatoms.